The van der Waals surface area contributed by atoms with Gasteiger partial charge < -0.3 is 9.73 Å². The summed E-state index contributed by atoms with van der Waals surface area (Å²) in [6, 6.07) is 5.70. The fourth-order valence-electron chi connectivity index (χ4n) is 2.11. The molecule has 1 aromatic heterocycles. The quantitative estimate of drug-likeness (QED) is 0.906. The molecule has 0 fully saturated rings. The number of aryl methyl sites for hydroxylation is 2. The van der Waals surface area contributed by atoms with Crippen LogP contribution in [0.2, 0.25) is 0 Å². The fourth-order valence-corrected chi connectivity index (χ4v) is 2.64. The third-order valence-electron chi connectivity index (χ3n) is 3.07. The van der Waals surface area contributed by atoms with Gasteiger partial charge in [0.1, 0.15) is 17.3 Å². The largest absolute Gasteiger partial charge is 0.466 e. The molecule has 0 radical (unpaired) electrons. The number of hydrogen-bond acceptors (Lipinski definition) is 2. The maximum Gasteiger partial charge on any atom is 0.252 e. The van der Waals surface area contributed by atoms with E-state index in [1.807, 2.05) is 26.8 Å². The molecular formula is C15H15BrFNO2. The van der Waals surface area contributed by atoms with Gasteiger partial charge in [-0.2, -0.15) is 0 Å². The Morgan fingerprint density at radius 1 is 1.35 bits per heavy atom. The molecule has 2 aromatic rings. The number of amides is 1. The van der Waals surface area contributed by atoms with Gasteiger partial charge in [0.25, 0.3) is 5.91 Å². The first kappa shape index (κ1) is 14.8. The van der Waals surface area contributed by atoms with Crippen molar-refractivity contribution in [1.29, 1.82) is 0 Å². The van der Waals surface area contributed by atoms with E-state index in [1.54, 1.807) is 0 Å². The average Bonchev–Trinajstić information content (AvgIpc) is 2.68. The normalized spacial score (nSPS) is 12.2. The number of nitrogens with one attached hydrogen (secondary N) is 1. The zero-order chi connectivity index (χ0) is 14.9. The Kier molecular flexibility index (Phi) is 4.28. The maximum absolute atomic E-state index is 13.0. The van der Waals surface area contributed by atoms with Gasteiger partial charge in [0.15, 0.2) is 0 Å². The van der Waals surface area contributed by atoms with E-state index in [0.29, 0.717) is 10.0 Å². The molecule has 5 heteroatoms. The van der Waals surface area contributed by atoms with Crippen molar-refractivity contribution in [1.82, 2.24) is 5.32 Å². The number of hydrogen-bond donors (Lipinski definition) is 1. The summed E-state index contributed by atoms with van der Waals surface area (Å²) in [5.41, 5.74) is 1.34. The molecule has 1 amide bonds. The topological polar surface area (TPSA) is 42.2 Å². The lowest BCUT2D eigenvalue weighted by molar-refractivity contribution is 0.0939. The monoisotopic (exact) mass is 339 g/mol. The number of rotatable bonds is 3. The molecule has 106 valence electrons. The van der Waals surface area contributed by atoms with Crippen LogP contribution in [0, 0.1) is 19.7 Å². The van der Waals surface area contributed by atoms with Gasteiger partial charge >= 0.3 is 0 Å². The van der Waals surface area contributed by atoms with Crippen molar-refractivity contribution in [2.45, 2.75) is 26.8 Å². The van der Waals surface area contributed by atoms with Crippen molar-refractivity contribution in [2.24, 2.45) is 0 Å². The second-order valence-corrected chi connectivity index (χ2v) is 5.54. The minimum absolute atomic E-state index is 0.183. The average molecular weight is 340 g/mol. The highest BCUT2D eigenvalue weighted by Gasteiger charge is 2.17. The third-order valence-corrected chi connectivity index (χ3v) is 3.73. The van der Waals surface area contributed by atoms with Crippen LogP contribution in [0.5, 0.6) is 0 Å². The van der Waals surface area contributed by atoms with E-state index in [1.165, 1.54) is 18.2 Å². The molecule has 1 heterocycles. The van der Waals surface area contributed by atoms with Gasteiger partial charge in [0, 0.05) is 10.0 Å². The third kappa shape index (κ3) is 3.10. The summed E-state index contributed by atoms with van der Waals surface area (Å²) in [6.45, 7) is 5.60. The first-order chi connectivity index (χ1) is 9.38. The molecule has 0 aliphatic heterocycles. The highest BCUT2D eigenvalue weighted by molar-refractivity contribution is 9.10. The summed E-state index contributed by atoms with van der Waals surface area (Å²) in [7, 11) is 0. The van der Waals surface area contributed by atoms with Crippen LogP contribution in [0.15, 0.2) is 33.2 Å². The summed E-state index contributed by atoms with van der Waals surface area (Å²) < 4.78 is 18.9. The Hall–Kier alpha value is -1.62. The Morgan fingerprint density at radius 2 is 2.05 bits per heavy atom. The molecule has 0 aliphatic rings. The predicted octanol–water partition coefficient (Wildman–Crippen LogP) is 4.29. The van der Waals surface area contributed by atoms with E-state index in [0.717, 1.165) is 17.1 Å². The Labute approximate surface area is 125 Å². The second-order valence-electron chi connectivity index (χ2n) is 4.69. The van der Waals surface area contributed by atoms with Crippen LogP contribution >= 0.6 is 15.9 Å². The number of benzene rings is 1. The van der Waals surface area contributed by atoms with E-state index in [-0.39, 0.29) is 17.8 Å². The second kappa shape index (κ2) is 5.79. The van der Waals surface area contributed by atoms with E-state index in [9.17, 15) is 9.18 Å². The lowest BCUT2D eigenvalue weighted by Crippen LogP contribution is -2.27. The Balaban J connectivity index is 2.17. The summed E-state index contributed by atoms with van der Waals surface area (Å²) in [5, 5.41) is 2.88. The Morgan fingerprint density at radius 3 is 2.60 bits per heavy atom. The molecule has 0 bridgehead atoms. The van der Waals surface area contributed by atoms with Crippen molar-refractivity contribution in [3.63, 3.8) is 0 Å². The lowest BCUT2D eigenvalue weighted by Gasteiger charge is -2.14. The predicted molar refractivity (Wildman–Crippen MR) is 78.2 cm³/mol. The van der Waals surface area contributed by atoms with E-state index < -0.39 is 0 Å². The highest BCUT2D eigenvalue weighted by atomic mass is 79.9. The SMILES string of the molecule is Cc1cc(C(C)NC(=O)c2ccc(F)cc2Br)c(C)o1. The molecule has 0 saturated carbocycles. The molecule has 0 spiro atoms. The molecule has 2 rings (SSSR count). The molecule has 1 atom stereocenters. The maximum atomic E-state index is 13.0. The van der Waals surface area contributed by atoms with Gasteiger partial charge in [-0.1, -0.05) is 0 Å². The zero-order valence-corrected chi connectivity index (χ0v) is 13.0. The van der Waals surface area contributed by atoms with Gasteiger partial charge in [0.05, 0.1) is 11.6 Å². The Bertz CT molecular complexity index is 651. The number of furan rings is 1. The van der Waals surface area contributed by atoms with Crippen molar-refractivity contribution < 1.29 is 13.6 Å². The standard InChI is InChI=1S/C15H15BrFNO2/c1-8-6-13(10(3)20-8)9(2)18-15(19)12-5-4-11(17)7-14(12)16/h4-7,9H,1-3H3,(H,18,19). The van der Waals surface area contributed by atoms with Gasteiger partial charge in [-0.15, -0.1) is 0 Å². The van der Waals surface area contributed by atoms with Crippen LogP contribution in [0.25, 0.3) is 0 Å². The number of carbonyl (C=O) groups is 1. The van der Waals surface area contributed by atoms with E-state index in [2.05, 4.69) is 21.2 Å². The van der Waals surface area contributed by atoms with Gasteiger partial charge in [-0.05, 0) is 61.0 Å². The molecule has 1 unspecified atom stereocenters. The molecule has 0 aliphatic carbocycles. The number of halogens is 2. The summed E-state index contributed by atoms with van der Waals surface area (Å²) in [4.78, 5) is 12.2. The minimum atomic E-state index is -0.386. The van der Waals surface area contributed by atoms with E-state index >= 15 is 0 Å². The van der Waals surface area contributed by atoms with Crippen LogP contribution in [0.1, 0.15) is 40.4 Å². The van der Waals surface area contributed by atoms with Crippen LogP contribution in [-0.4, -0.2) is 5.91 Å². The number of carbonyl (C=O) groups excluding carboxylic acids is 1. The van der Waals surface area contributed by atoms with Crippen LogP contribution in [0.4, 0.5) is 4.39 Å². The van der Waals surface area contributed by atoms with Crippen LogP contribution in [0.3, 0.4) is 0 Å². The van der Waals surface area contributed by atoms with Gasteiger partial charge in [-0.25, -0.2) is 4.39 Å². The summed E-state index contributed by atoms with van der Waals surface area (Å²) in [6.07, 6.45) is 0. The lowest BCUT2D eigenvalue weighted by atomic mass is 10.1. The fraction of sp³-hybridized carbons (Fsp3) is 0.267. The zero-order valence-electron chi connectivity index (χ0n) is 11.5. The van der Waals surface area contributed by atoms with Crippen molar-refractivity contribution in [2.75, 3.05) is 0 Å². The summed E-state index contributed by atoms with van der Waals surface area (Å²) >= 11 is 3.19. The van der Waals surface area contributed by atoms with Gasteiger partial charge in [-0.3, -0.25) is 4.79 Å². The smallest absolute Gasteiger partial charge is 0.252 e. The van der Waals surface area contributed by atoms with Crippen molar-refractivity contribution in [3.05, 3.63) is 57.2 Å². The molecule has 0 saturated heterocycles. The van der Waals surface area contributed by atoms with Crippen molar-refractivity contribution >= 4 is 21.8 Å². The van der Waals surface area contributed by atoms with Gasteiger partial charge in [0.2, 0.25) is 0 Å². The van der Waals surface area contributed by atoms with Crippen LogP contribution < -0.4 is 5.32 Å². The molecule has 1 aromatic carbocycles. The molecule has 3 nitrogen and oxygen atoms in total. The van der Waals surface area contributed by atoms with Crippen molar-refractivity contribution in [3.8, 4) is 0 Å². The van der Waals surface area contributed by atoms with E-state index in [4.69, 9.17) is 4.42 Å². The molecular weight excluding hydrogens is 325 g/mol. The molecule has 20 heavy (non-hydrogen) atoms. The van der Waals surface area contributed by atoms with Crippen LogP contribution in [-0.2, 0) is 0 Å². The minimum Gasteiger partial charge on any atom is -0.466 e. The molecule has 1 N–H and O–H groups in total. The first-order valence-electron chi connectivity index (χ1n) is 6.21. The first-order valence-corrected chi connectivity index (χ1v) is 7.00. The highest BCUT2D eigenvalue weighted by Crippen LogP contribution is 2.23. The summed E-state index contributed by atoms with van der Waals surface area (Å²) in [5.74, 6) is 0.945.